The van der Waals surface area contributed by atoms with Crippen molar-refractivity contribution >= 4 is 29.1 Å². The van der Waals surface area contributed by atoms with E-state index in [4.69, 9.17) is 4.42 Å². The first-order chi connectivity index (χ1) is 13.7. The van der Waals surface area contributed by atoms with Crippen LogP contribution in [0.1, 0.15) is 52.5 Å². The molecule has 2 heterocycles. The van der Waals surface area contributed by atoms with Crippen LogP contribution in [0, 0.1) is 12.3 Å². The third-order valence-electron chi connectivity index (χ3n) is 5.10. The third kappa shape index (κ3) is 3.74. The number of carbonyl (C=O) groups is 2. The van der Waals surface area contributed by atoms with Crippen LogP contribution in [-0.2, 0) is 13.5 Å². The lowest BCUT2D eigenvalue weighted by molar-refractivity contribution is 0.0898. The highest BCUT2D eigenvalue weighted by Crippen LogP contribution is 2.39. The number of aromatic nitrogens is 2. The third-order valence-corrected chi connectivity index (χ3v) is 6.25. The second kappa shape index (κ2) is 7.22. The van der Waals surface area contributed by atoms with Crippen LogP contribution in [0.25, 0.3) is 0 Å². The number of carbonyl (C=O) groups excluding carboxylic acids is 2. The van der Waals surface area contributed by atoms with E-state index < -0.39 is 0 Å². The van der Waals surface area contributed by atoms with Gasteiger partial charge in [0.05, 0.1) is 11.3 Å². The van der Waals surface area contributed by atoms with Crippen molar-refractivity contribution in [3.63, 3.8) is 0 Å². The molecule has 1 aromatic carbocycles. The van der Waals surface area contributed by atoms with Gasteiger partial charge in [-0.3, -0.25) is 9.59 Å². The van der Waals surface area contributed by atoms with Crippen LogP contribution >= 0.6 is 11.8 Å². The second-order valence-corrected chi connectivity index (χ2v) is 9.18. The fourth-order valence-electron chi connectivity index (χ4n) is 3.69. The Morgan fingerprint density at radius 3 is 2.76 bits per heavy atom. The molecule has 1 aliphatic rings. The summed E-state index contributed by atoms with van der Waals surface area (Å²) in [6, 6.07) is 7.55. The molecule has 6 nitrogen and oxygen atoms in total. The molecular weight excluding hydrogens is 386 g/mol. The molecule has 0 spiro atoms. The smallest absolute Gasteiger partial charge is 0.291 e. The fourth-order valence-corrected chi connectivity index (χ4v) is 4.58. The van der Waals surface area contributed by atoms with E-state index in [1.807, 2.05) is 55.9 Å². The first-order valence-electron chi connectivity index (χ1n) is 9.46. The fraction of sp³-hybridized carbons (Fsp3) is 0.318. The summed E-state index contributed by atoms with van der Waals surface area (Å²) in [5.41, 5.74) is 1.70. The zero-order valence-corrected chi connectivity index (χ0v) is 17.7. The molecule has 1 aliphatic carbocycles. The molecule has 0 bridgehead atoms. The summed E-state index contributed by atoms with van der Waals surface area (Å²) in [5, 5.41) is 3.77. The van der Waals surface area contributed by atoms with Crippen LogP contribution in [0.3, 0.4) is 0 Å². The number of imidazole rings is 1. The lowest BCUT2D eigenvalue weighted by Gasteiger charge is -2.27. The van der Waals surface area contributed by atoms with Crippen molar-refractivity contribution < 1.29 is 14.0 Å². The number of Topliss-reactive ketones (excluding diaryl/α,β-unsaturated/α-hetero) is 1. The summed E-state index contributed by atoms with van der Waals surface area (Å²) in [6.07, 6.45) is 4.72. The van der Waals surface area contributed by atoms with Crippen LogP contribution in [-0.4, -0.2) is 21.2 Å². The molecule has 29 heavy (non-hydrogen) atoms. The predicted molar refractivity (Wildman–Crippen MR) is 112 cm³/mol. The molecule has 0 saturated heterocycles. The summed E-state index contributed by atoms with van der Waals surface area (Å²) >= 11 is 1.47. The van der Waals surface area contributed by atoms with Gasteiger partial charge >= 0.3 is 0 Å². The molecular formula is C22H23N3O3S. The van der Waals surface area contributed by atoms with Crippen LogP contribution < -0.4 is 5.32 Å². The number of hydrogen-bond donors (Lipinski definition) is 1. The van der Waals surface area contributed by atoms with E-state index in [1.165, 1.54) is 11.8 Å². The molecule has 4 rings (SSSR count). The highest BCUT2D eigenvalue weighted by Gasteiger charge is 2.37. The number of anilines is 1. The van der Waals surface area contributed by atoms with Gasteiger partial charge in [0, 0.05) is 42.7 Å². The first-order valence-corrected chi connectivity index (χ1v) is 10.3. The van der Waals surface area contributed by atoms with E-state index in [1.54, 1.807) is 13.1 Å². The Morgan fingerprint density at radius 2 is 2.03 bits per heavy atom. The second-order valence-electron chi connectivity index (χ2n) is 8.17. The maximum Gasteiger partial charge on any atom is 0.291 e. The van der Waals surface area contributed by atoms with Gasteiger partial charge in [0.1, 0.15) is 5.76 Å². The highest BCUT2D eigenvalue weighted by molar-refractivity contribution is 7.99. The molecule has 7 heteroatoms. The number of hydrogen-bond acceptors (Lipinski definition) is 5. The van der Waals surface area contributed by atoms with E-state index in [2.05, 4.69) is 10.3 Å². The SMILES string of the molecule is Cc1c(C(=O)Nc2ccccc2Sc2nccn2C)oc2c1C(=O)CC(C)(C)C2. The van der Waals surface area contributed by atoms with Crippen LogP contribution in [0.2, 0.25) is 0 Å². The number of furan rings is 1. The Bertz CT molecular complexity index is 1110. The Hall–Kier alpha value is -2.80. The maximum atomic E-state index is 13.0. The van der Waals surface area contributed by atoms with Gasteiger partial charge < -0.3 is 14.3 Å². The van der Waals surface area contributed by atoms with E-state index in [0.717, 1.165) is 10.1 Å². The standard InChI is InChI=1S/C22H23N3O3S/c1-13-18-15(26)11-22(2,3)12-16(18)28-19(13)20(27)24-14-7-5-6-8-17(14)29-21-23-9-10-25(21)4/h5-10H,11-12H2,1-4H3,(H,24,27). The average molecular weight is 410 g/mol. The van der Waals surface area contributed by atoms with E-state index in [-0.39, 0.29) is 22.9 Å². The van der Waals surface area contributed by atoms with Gasteiger partial charge in [0.2, 0.25) is 0 Å². The molecule has 0 saturated carbocycles. The number of ketones is 1. The van der Waals surface area contributed by atoms with Gasteiger partial charge in [-0.1, -0.05) is 26.0 Å². The molecule has 3 aromatic rings. The maximum absolute atomic E-state index is 13.0. The number of nitrogens with zero attached hydrogens (tertiary/aromatic N) is 2. The number of fused-ring (bicyclic) bond motifs is 1. The molecule has 0 radical (unpaired) electrons. The summed E-state index contributed by atoms with van der Waals surface area (Å²) in [5.74, 6) is 0.514. The lowest BCUT2D eigenvalue weighted by atomic mass is 9.76. The first kappa shape index (κ1) is 19.5. The van der Waals surface area contributed by atoms with Crippen molar-refractivity contribution in [2.75, 3.05) is 5.32 Å². The lowest BCUT2D eigenvalue weighted by Crippen LogP contribution is -2.26. The van der Waals surface area contributed by atoms with Crippen LogP contribution in [0.4, 0.5) is 5.69 Å². The predicted octanol–water partition coefficient (Wildman–Crippen LogP) is 4.88. The quantitative estimate of drug-likeness (QED) is 0.664. The zero-order valence-electron chi connectivity index (χ0n) is 16.9. The molecule has 0 aliphatic heterocycles. The Kier molecular flexibility index (Phi) is 4.86. The number of para-hydroxylation sites is 1. The molecule has 150 valence electrons. The Balaban J connectivity index is 1.62. The van der Waals surface area contributed by atoms with E-state index in [9.17, 15) is 9.59 Å². The van der Waals surface area contributed by atoms with Gasteiger partial charge in [0.15, 0.2) is 16.7 Å². The molecule has 0 fully saturated rings. The zero-order chi connectivity index (χ0) is 20.8. The van der Waals surface area contributed by atoms with Crippen molar-refractivity contribution in [2.45, 2.75) is 43.7 Å². The monoisotopic (exact) mass is 409 g/mol. The molecule has 0 unspecified atom stereocenters. The van der Waals surface area contributed by atoms with Crippen LogP contribution in [0.15, 0.2) is 51.1 Å². The highest BCUT2D eigenvalue weighted by atomic mass is 32.2. The van der Waals surface area contributed by atoms with Gasteiger partial charge in [-0.25, -0.2) is 4.98 Å². The summed E-state index contributed by atoms with van der Waals surface area (Å²) in [6.45, 7) is 5.86. The Labute approximate surface area is 173 Å². The van der Waals surface area contributed by atoms with Crippen molar-refractivity contribution in [2.24, 2.45) is 12.5 Å². The molecule has 1 amide bonds. The topological polar surface area (TPSA) is 77.1 Å². The number of benzene rings is 1. The minimum Gasteiger partial charge on any atom is -0.455 e. The molecule has 0 atom stereocenters. The summed E-state index contributed by atoms with van der Waals surface area (Å²) < 4.78 is 7.80. The van der Waals surface area contributed by atoms with Crippen molar-refractivity contribution in [3.05, 3.63) is 59.3 Å². The Morgan fingerprint density at radius 1 is 1.28 bits per heavy atom. The average Bonchev–Trinajstić information content (AvgIpc) is 3.19. The number of amides is 1. The summed E-state index contributed by atoms with van der Waals surface area (Å²) in [7, 11) is 1.92. The largest absolute Gasteiger partial charge is 0.455 e. The van der Waals surface area contributed by atoms with Crippen molar-refractivity contribution in [3.8, 4) is 0 Å². The minimum absolute atomic E-state index is 0.0438. The molecule has 1 N–H and O–H groups in total. The van der Waals surface area contributed by atoms with Crippen molar-refractivity contribution in [1.82, 2.24) is 9.55 Å². The van der Waals surface area contributed by atoms with E-state index >= 15 is 0 Å². The van der Waals surface area contributed by atoms with E-state index in [0.29, 0.717) is 35.4 Å². The normalized spacial score (nSPS) is 15.2. The number of rotatable bonds is 4. The van der Waals surface area contributed by atoms with Gasteiger partial charge in [-0.15, -0.1) is 0 Å². The minimum atomic E-state index is -0.351. The summed E-state index contributed by atoms with van der Waals surface area (Å²) in [4.78, 5) is 30.8. The van der Waals surface area contributed by atoms with Crippen LogP contribution in [0.5, 0.6) is 0 Å². The van der Waals surface area contributed by atoms with Gasteiger partial charge in [-0.05, 0) is 36.2 Å². The van der Waals surface area contributed by atoms with Gasteiger partial charge in [0.25, 0.3) is 5.91 Å². The van der Waals surface area contributed by atoms with Gasteiger partial charge in [-0.2, -0.15) is 0 Å². The molecule has 2 aromatic heterocycles. The number of aryl methyl sites for hydroxylation is 1. The number of nitrogens with one attached hydrogen (secondary N) is 1. The van der Waals surface area contributed by atoms with Crippen molar-refractivity contribution in [1.29, 1.82) is 0 Å².